The highest BCUT2D eigenvalue weighted by molar-refractivity contribution is 8.76. The molecule has 4 amide bonds. The predicted octanol–water partition coefficient (Wildman–Crippen LogP) is 3.49. The highest BCUT2D eigenvalue weighted by atomic mass is 33.1. The minimum absolute atomic E-state index is 0.241. The van der Waals surface area contributed by atoms with Gasteiger partial charge in [0.1, 0.15) is 28.7 Å². The molecular weight excluding hydrogens is 558 g/mol. The number of pyridine rings is 1. The summed E-state index contributed by atoms with van der Waals surface area (Å²) in [5.74, 6) is -0.489. The summed E-state index contributed by atoms with van der Waals surface area (Å²) in [6, 6.07) is 13.0. The maximum absolute atomic E-state index is 13.7. The van der Waals surface area contributed by atoms with E-state index in [1.165, 1.54) is 0 Å². The summed E-state index contributed by atoms with van der Waals surface area (Å²) in [6.07, 6.45) is 6.28. The molecule has 2 saturated heterocycles. The zero-order chi connectivity index (χ0) is 29.2. The van der Waals surface area contributed by atoms with Gasteiger partial charge in [-0.25, -0.2) is 4.98 Å². The maximum atomic E-state index is 13.7. The number of nitrogens with zero attached hydrogens (tertiary/aromatic N) is 2. The van der Waals surface area contributed by atoms with E-state index in [0.29, 0.717) is 25.8 Å². The summed E-state index contributed by atoms with van der Waals surface area (Å²) in [6.45, 7) is 3.74. The first-order valence-electron chi connectivity index (χ1n) is 14.2. The van der Waals surface area contributed by atoms with Crippen molar-refractivity contribution in [3.8, 4) is 0 Å². The van der Waals surface area contributed by atoms with Crippen LogP contribution >= 0.6 is 21.6 Å². The lowest BCUT2D eigenvalue weighted by molar-refractivity contribution is -0.144. The van der Waals surface area contributed by atoms with Crippen molar-refractivity contribution >= 4 is 45.2 Å². The molecule has 4 atom stereocenters. The summed E-state index contributed by atoms with van der Waals surface area (Å²) in [5, 5.41) is 9.68. The van der Waals surface area contributed by atoms with E-state index in [1.54, 1.807) is 46.5 Å². The number of amides is 4. The Balaban J connectivity index is 1.44. The summed E-state index contributed by atoms with van der Waals surface area (Å²) in [5.41, 5.74) is -0.448. The highest BCUT2D eigenvalue weighted by Crippen LogP contribution is 2.30. The largest absolute Gasteiger partial charge is 0.343 e. The van der Waals surface area contributed by atoms with Crippen molar-refractivity contribution in [2.24, 2.45) is 0 Å². The Morgan fingerprint density at radius 3 is 2.51 bits per heavy atom. The average Bonchev–Trinajstić information content (AvgIpc) is 3.46. The molecule has 3 heterocycles. The van der Waals surface area contributed by atoms with Crippen molar-refractivity contribution in [1.29, 1.82) is 0 Å². The summed E-state index contributed by atoms with van der Waals surface area (Å²) < 4.78 is 0. The molecule has 1 aromatic carbocycles. The lowest BCUT2D eigenvalue weighted by Crippen LogP contribution is -2.65. The van der Waals surface area contributed by atoms with E-state index in [2.05, 4.69) is 20.9 Å². The molecule has 2 aromatic rings. The molecule has 0 bridgehead atoms. The number of aromatic nitrogens is 1. The van der Waals surface area contributed by atoms with Crippen LogP contribution in [0.4, 0.5) is 0 Å². The van der Waals surface area contributed by atoms with Gasteiger partial charge in [0.15, 0.2) is 0 Å². The van der Waals surface area contributed by atoms with Crippen LogP contribution in [0.5, 0.6) is 0 Å². The molecule has 2 aliphatic heterocycles. The van der Waals surface area contributed by atoms with Crippen molar-refractivity contribution in [3.63, 3.8) is 0 Å². The smallest absolute Gasteiger partial charge is 0.246 e. The monoisotopic (exact) mass is 597 g/mol. The van der Waals surface area contributed by atoms with Gasteiger partial charge < -0.3 is 20.9 Å². The molecule has 3 N–H and O–H groups in total. The van der Waals surface area contributed by atoms with Crippen LogP contribution in [0, 0.1) is 0 Å². The zero-order valence-corrected chi connectivity index (χ0v) is 25.3. The molecule has 4 rings (SSSR count). The number of benzene rings is 1. The molecule has 1 aromatic heterocycles. The molecule has 9 nitrogen and oxygen atoms in total. The number of hydrogen-bond donors (Lipinski definition) is 3. The van der Waals surface area contributed by atoms with Crippen LogP contribution in [-0.4, -0.2) is 69.5 Å². The summed E-state index contributed by atoms with van der Waals surface area (Å²) in [4.78, 5) is 59.8. The second-order valence-electron chi connectivity index (χ2n) is 10.9. The van der Waals surface area contributed by atoms with E-state index >= 15 is 0 Å². The standard InChI is InChI=1S/C30H39N5O4S2/c1-21-28(38)35-18-11-15-24(35)27(37)33-23(14-7-4-10-19-40-41-25-16-8-9-17-31-25)26(36)34-30(2,29(39)32-21)20-22-12-5-3-6-13-22/h3,5-6,8-9,12-13,16-17,21,23-24H,4,7,10-11,14-15,18-20H2,1-2H3,(H,32,39)(H,33,37)(H,34,36)/t21-,23-,24+,30+/m0/s1. The molecule has 2 aliphatic rings. The first-order chi connectivity index (χ1) is 19.8. The van der Waals surface area contributed by atoms with Gasteiger partial charge in [-0.15, -0.1) is 0 Å². The molecule has 41 heavy (non-hydrogen) atoms. The third kappa shape index (κ3) is 8.48. The number of rotatable bonds is 10. The fourth-order valence-electron chi connectivity index (χ4n) is 5.24. The molecule has 0 spiro atoms. The van der Waals surface area contributed by atoms with E-state index in [-0.39, 0.29) is 18.2 Å². The lowest BCUT2D eigenvalue weighted by atomic mass is 9.90. The number of carbonyl (C=O) groups is 4. The van der Waals surface area contributed by atoms with Gasteiger partial charge in [0.2, 0.25) is 23.6 Å². The van der Waals surface area contributed by atoms with Gasteiger partial charge in [0.25, 0.3) is 0 Å². The normalized spacial score (nSPS) is 25.4. The van der Waals surface area contributed by atoms with E-state index in [0.717, 1.165) is 35.6 Å². The predicted molar refractivity (Wildman–Crippen MR) is 162 cm³/mol. The number of hydrogen-bond acceptors (Lipinski definition) is 7. The van der Waals surface area contributed by atoms with Crippen LogP contribution in [0.3, 0.4) is 0 Å². The first-order valence-corrected chi connectivity index (χ1v) is 16.6. The molecule has 0 saturated carbocycles. The minimum Gasteiger partial charge on any atom is -0.343 e. The van der Waals surface area contributed by atoms with E-state index in [4.69, 9.17) is 0 Å². The van der Waals surface area contributed by atoms with Gasteiger partial charge >= 0.3 is 0 Å². The van der Waals surface area contributed by atoms with Gasteiger partial charge in [-0.2, -0.15) is 0 Å². The number of unbranched alkanes of at least 4 members (excludes halogenated alkanes) is 2. The Bertz CT molecular complexity index is 1200. The van der Waals surface area contributed by atoms with Crippen molar-refractivity contribution < 1.29 is 19.2 Å². The van der Waals surface area contributed by atoms with E-state index in [1.807, 2.05) is 48.5 Å². The second kappa shape index (κ2) is 14.7. The Kier molecular flexibility index (Phi) is 11.1. The lowest BCUT2D eigenvalue weighted by Gasteiger charge is -2.35. The van der Waals surface area contributed by atoms with Crippen molar-refractivity contribution in [3.05, 3.63) is 60.3 Å². The van der Waals surface area contributed by atoms with Crippen molar-refractivity contribution in [2.75, 3.05) is 12.3 Å². The van der Waals surface area contributed by atoms with Crippen LogP contribution in [0.25, 0.3) is 0 Å². The molecule has 0 aliphatic carbocycles. The Morgan fingerprint density at radius 1 is 0.976 bits per heavy atom. The Morgan fingerprint density at radius 2 is 1.76 bits per heavy atom. The first kappa shape index (κ1) is 30.9. The SMILES string of the molecule is C[C@@H]1NC(=O)[C@@](C)(Cc2ccccc2)NC(=O)[C@H](CCCCCSSc2ccccn2)NC(=O)[C@H]2CCCN2C1=O. The molecule has 0 radical (unpaired) electrons. The summed E-state index contributed by atoms with van der Waals surface area (Å²) >= 11 is 0. The Labute approximate surface area is 249 Å². The summed E-state index contributed by atoms with van der Waals surface area (Å²) in [7, 11) is 3.39. The van der Waals surface area contributed by atoms with Crippen molar-refractivity contribution in [2.45, 2.75) is 87.5 Å². The zero-order valence-electron chi connectivity index (χ0n) is 23.6. The Hall–Kier alpha value is -3.05. The quantitative estimate of drug-likeness (QED) is 0.283. The fraction of sp³-hybridized carbons (Fsp3) is 0.500. The van der Waals surface area contributed by atoms with Gasteiger partial charge in [-0.1, -0.05) is 60.0 Å². The van der Waals surface area contributed by atoms with Gasteiger partial charge in [-0.3, -0.25) is 19.2 Å². The van der Waals surface area contributed by atoms with Gasteiger partial charge in [0, 0.05) is 24.9 Å². The maximum Gasteiger partial charge on any atom is 0.246 e. The third-order valence-electron chi connectivity index (χ3n) is 7.49. The third-order valence-corrected chi connectivity index (χ3v) is 9.84. The highest BCUT2D eigenvalue weighted by Gasteiger charge is 2.42. The number of carbonyl (C=O) groups excluding carboxylic acids is 4. The van der Waals surface area contributed by atoms with Gasteiger partial charge in [-0.05, 0) is 68.0 Å². The van der Waals surface area contributed by atoms with Crippen LogP contribution in [0.1, 0.15) is 57.9 Å². The molecule has 220 valence electrons. The van der Waals surface area contributed by atoms with Gasteiger partial charge in [0.05, 0.1) is 0 Å². The molecular formula is C30H39N5O4S2. The number of nitrogens with one attached hydrogen (secondary N) is 3. The van der Waals surface area contributed by atoms with E-state index in [9.17, 15) is 19.2 Å². The van der Waals surface area contributed by atoms with E-state index < -0.39 is 35.5 Å². The molecule has 0 unspecified atom stereocenters. The van der Waals surface area contributed by atoms with Crippen LogP contribution in [-0.2, 0) is 25.6 Å². The van der Waals surface area contributed by atoms with Crippen LogP contribution in [0.15, 0.2) is 59.8 Å². The van der Waals surface area contributed by atoms with Crippen LogP contribution in [0.2, 0.25) is 0 Å². The average molecular weight is 598 g/mol. The topological polar surface area (TPSA) is 120 Å². The fourth-order valence-corrected chi connectivity index (χ4v) is 7.26. The second-order valence-corrected chi connectivity index (χ2v) is 13.3. The minimum atomic E-state index is -1.32. The molecule has 2 fully saturated rings. The molecule has 11 heteroatoms. The van der Waals surface area contributed by atoms with Crippen LogP contribution < -0.4 is 16.0 Å². The number of fused-ring (bicyclic) bond motifs is 1. The van der Waals surface area contributed by atoms with Crippen molar-refractivity contribution in [1.82, 2.24) is 25.8 Å².